The standard InChI is InChI=1S/C20H15N3O6S/c21-9-5-7-10(8-6-9)29-19-15(22)13-14(16(23)20(19)30(26,27)28)18(25)12-4-2-1-3-11(12)17(13)24/h1-8H,21-23H2,(H,26,27,28). The Morgan fingerprint density at radius 2 is 1.27 bits per heavy atom. The third-order valence-corrected chi connectivity index (χ3v) is 5.63. The fourth-order valence-electron chi connectivity index (χ4n) is 3.37. The van der Waals surface area contributed by atoms with Crippen LogP contribution in [0.15, 0.2) is 53.4 Å². The molecule has 9 nitrogen and oxygen atoms in total. The first-order valence-electron chi connectivity index (χ1n) is 8.55. The zero-order valence-electron chi connectivity index (χ0n) is 15.2. The third kappa shape index (κ3) is 2.86. The number of nitrogen functional groups attached to an aromatic ring is 3. The molecule has 0 unspecified atom stereocenters. The SMILES string of the molecule is Nc1ccc(Oc2c(N)c3c(c(N)c2S(=O)(=O)O)C(=O)c2ccccc2C3=O)cc1. The number of rotatable bonds is 3. The van der Waals surface area contributed by atoms with Gasteiger partial charge in [0.2, 0.25) is 0 Å². The van der Waals surface area contributed by atoms with Gasteiger partial charge in [-0.1, -0.05) is 24.3 Å². The molecule has 4 rings (SSSR count). The molecule has 1 aliphatic rings. The van der Waals surface area contributed by atoms with Crippen LogP contribution in [0.3, 0.4) is 0 Å². The second-order valence-electron chi connectivity index (χ2n) is 6.59. The highest BCUT2D eigenvalue weighted by Gasteiger charge is 2.39. The van der Waals surface area contributed by atoms with Crippen LogP contribution in [0.5, 0.6) is 11.5 Å². The Bertz CT molecular complexity index is 1350. The number of ketones is 2. The van der Waals surface area contributed by atoms with E-state index in [1.54, 1.807) is 12.1 Å². The van der Waals surface area contributed by atoms with E-state index in [9.17, 15) is 22.6 Å². The minimum absolute atomic E-state index is 0.0505. The van der Waals surface area contributed by atoms with Crippen molar-refractivity contribution in [1.29, 1.82) is 0 Å². The van der Waals surface area contributed by atoms with Gasteiger partial charge in [0, 0.05) is 16.8 Å². The summed E-state index contributed by atoms with van der Waals surface area (Å²) in [4.78, 5) is 25.2. The van der Waals surface area contributed by atoms with Gasteiger partial charge in [-0.25, -0.2) is 0 Å². The van der Waals surface area contributed by atoms with E-state index in [4.69, 9.17) is 21.9 Å². The molecule has 152 valence electrons. The lowest BCUT2D eigenvalue weighted by atomic mass is 9.82. The lowest BCUT2D eigenvalue weighted by Crippen LogP contribution is -2.25. The van der Waals surface area contributed by atoms with Crippen LogP contribution in [0, 0.1) is 0 Å². The quantitative estimate of drug-likeness (QED) is 0.283. The van der Waals surface area contributed by atoms with Crippen LogP contribution in [-0.2, 0) is 10.1 Å². The molecule has 0 heterocycles. The zero-order chi connectivity index (χ0) is 21.8. The van der Waals surface area contributed by atoms with Crippen molar-refractivity contribution in [3.05, 3.63) is 70.8 Å². The van der Waals surface area contributed by atoms with Crippen molar-refractivity contribution in [2.24, 2.45) is 0 Å². The Morgan fingerprint density at radius 3 is 1.77 bits per heavy atom. The van der Waals surface area contributed by atoms with Crippen LogP contribution in [-0.4, -0.2) is 24.5 Å². The zero-order valence-corrected chi connectivity index (χ0v) is 16.1. The van der Waals surface area contributed by atoms with Gasteiger partial charge in [0.15, 0.2) is 22.2 Å². The largest absolute Gasteiger partial charge is 0.454 e. The topological polar surface area (TPSA) is 176 Å². The number of carbonyl (C=O) groups excluding carboxylic acids is 2. The van der Waals surface area contributed by atoms with E-state index in [2.05, 4.69) is 0 Å². The van der Waals surface area contributed by atoms with Crippen LogP contribution < -0.4 is 21.9 Å². The number of benzene rings is 3. The van der Waals surface area contributed by atoms with Gasteiger partial charge in [0.05, 0.1) is 22.5 Å². The van der Waals surface area contributed by atoms with Crippen LogP contribution in [0.1, 0.15) is 31.8 Å². The maximum absolute atomic E-state index is 13.1. The molecule has 7 N–H and O–H groups in total. The summed E-state index contributed by atoms with van der Waals surface area (Å²) < 4.78 is 39.6. The van der Waals surface area contributed by atoms with Gasteiger partial charge < -0.3 is 21.9 Å². The summed E-state index contributed by atoms with van der Waals surface area (Å²) in [6.45, 7) is 0. The molecule has 0 bridgehead atoms. The molecule has 0 fully saturated rings. The molecule has 3 aromatic rings. The molecule has 0 radical (unpaired) electrons. The van der Waals surface area contributed by atoms with E-state index in [0.29, 0.717) is 5.69 Å². The Labute approximate surface area is 170 Å². The molecule has 0 atom stereocenters. The monoisotopic (exact) mass is 425 g/mol. The second kappa shape index (κ2) is 6.58. The number of carbonyl (C=O) groups is 2. The van der Waals surface area contributed by atoms with Crippen molar-refractivity contribution in [1.82, 2.24) is 0 Å². The predicted octanol–water partition coefficient (Wildman–Crippen LogP) is 2.25. The Kier molecular flexibility index (Phi) is 4.26. The highest BCUT2D eigenvalue weighted by molar-refractivity contribution is 7.86. The fraction of sp³-hybridized carbons (Fsp3) is 0. The lowest BCUT2D eigenvalue weighted by molar-refractivity contribution is 0.0980. The Morgan fingerprint density at radius 1 is 0.767 bits per heavy atom. The number of ether oxygens (including phenoxy) is 1. The molecule has 30 heavy (non-hydrogen) atoms. The number of nitrogens with two attached hydrogens (primary N) is 3. The minimum atomic E-state index is -4.98. The van der Waals surface area contributed by atoms with Crippen molar-refractivity contribution in [3.63, 3.8) is 0 Å². The van der Waals surface area contributed by atoms with Crippen LogP contribution in [0.4, 0.5) is 17.1 Å². The summed E-state index contributed by atoms with van der Waals surface area (Å²) in [5.74, 6) is -1.74. The van der Waals surface area contributed by atoms with Gasteiger partial charge in [-0.2, -0.15) is 8.42 Å². The number of fused-ring (bicyclic) bond motifs is 2. The summed E-state index contributed by atoms with van der Waals surface area (Å²) in [6.07, 6.45) is 0. The van der Waals surface area contributed by atoms with Crippen LogP contribution in [0.2, 0.25) is 0 Å². The lowest BCUT2D eigenvalue weighted by Gasteiger charge is -2.24. The van der Waals surface area contributed by atoms with Gasteiger partial charge in [-0.3, -0.25) is 14.1 Å². The molecule has 0 spiro atoms. The predicted molar refractivity (Wildman–Crippen MR) is 109 cm³/mol. The average Bonchev–Trinajstić information content (AvgIpc) is 2.69. The van der Waals surface area contributed by atoms with E-state index < -0.39 is 49.3 Å². The van der Waals surface area contributed by atoms with Crippen molar-refractivity contribution in [3.8, 4) is 11.5 Å². The first kappa shape index (κ1) is 19.4. The molecule has 0 aromatic heterocycles. The molecule has 3 aromatic carbocycles. The molecule has 0 saturated heterocycles. The fourth-order valence-corrected chi connectivity index (χ4v) is 4.14. The van der Waals surface area contributed by atoms with Crippen molar-refractivity contribution >= 4 is 38.7 Å². The first-order valence-corrected chi connectivity index (χ1v) is 9.99. The normalized spacial score (nSPS) is 13.0. The number of hydrogen-bond donors (Lipinski definition) is 4. The van der Waals surface area contributed by atoms with E-state index in [1.807, 2.05) is 0 Å². The van der Waals surface area contributed by atoms with E-state index in [1.165, 1.54) is 36.4 Å². The van der Waals surface area contributed by atoms with Gasteiger partial charge in [0.25, 0.3) is 10.1 Å². The molecule has 0 aliphatic heterocycles. The van der Waals surface area contributed by atoms with Crippen molar-refractivity contribution < 1.29 is 27.3 Å². The summed E-state index contributed by atoms with van der Waals surface area (Å²) in [5.41, 5.74) is 16.5. The molecular weight excluding hydrogens is 410 g/mol. The molecule has 0 amide bonds. The van der Waals surface area contributed by atoms with E-state index in [-0.39, 0.29) is 22.4 Å². The second-order valence-corrected chi connectivity index (χ2v) is 7.94. The molecular formula is C20H15N3O6S. The number of hydrogen-bond acceptors (Lipinski definition) is 8. The van der Waals surface area contributed by atoms with Gasteiger partial charge in [-0.05, 0) is 24.3 Å². The van der Waals surface area contributed by atoms with Gasteiger partial charge in [0.1, 0.15) is 5.75 Å². The Balaban J connectivity index is 2.05. The molecule has 10 heteroatoms. The smallest absolute Gasteiger partial charge is 0.300 e. The highest BCUT2D eigenvalue weighted by atomic mass is 32.2. The minimum Gasteiger partial charge on any atom is -0.454 e. The van der Waals surface area contributed by atoms with E-state index in [0.717, 1.165) is 0 Å². The van der Waals surface area contributed by atoms with Crippen molar-refractivity contribution in [2.75, 3.05) is 17.2 Å². The molecule has 1 aliphatic carbocycles. The maximum atomic E-state index is 13.1. The third-order valence-electron chi connectivity index (χ3n) is 4.71. The number of anilines is 3. The maximum Gasteiger partial charge on any atom is 0.300 e. The summed E-state index contributed by atoms with van der Waals surface area (Å²) in [7, 11) is -4.98. The van der Waals surface area contributed by atoms with E-state index >= 15 is 0 Å². The highest BCUT2D eigenvalue weighted by Crippen LogP contribution is 2.46. The summed E-state index contributed by atoms with van der Waals surface area (Å²) in [6, 6.07) is 11.8. The summed E-state index contributed by atoms with van der Waals surface area (Å²) in [5, 5.41) is 0. The van der Waals surface area contributed by atoms with Crippen molar-refractivity contribution in [2.45, 2.75) is 4.90 Å². The van der Waals surface area contributed by atoms with Gasteiger partial charge in [-0.15, -0.1) is 0 Å². The molecule has 0 saturated carbocycles. The van der Waals surface area contributed by atoms with Gasteiger partial charge >= 0.3 is 0 Å². The first-order chi connectivity index (χ1) is 14.1. The van der Waals surface area contributed by atoms with Crippen LogP contribution in [0.25, 0.3) is 0 Å². The van der Waals surface area contributed by atoms with Crippen LogP contribution >= 0.6 is 0 Å². The summed E-state index contributed by atoms with van der Waals surface area (Å²) >= 11 is 0. The average molecular weight is 425 g/mol. The Hall–Kier alpha value is -3.89.